The lowest BCUT2D eigenvalue weighted by Crippen LogP contribution is -2.25. The van der Waals surface area contributed by atoms with Crippen molar-refractivity contribution in [3.8, 4) is 0 Å². The molecule has 0 saturated carbocycles. The van der Waals surface area contributed by atoms with Crippen molar-refractivity contribution in [2.75, 3.05) is 5.32 Å². The SMILES string of the molecule is CCC(Sc1nnc2c(n1)[nH]c1ccccc12)C(=O)Nc1cccc(C(=O)O)c1. The first-order valence-electron chi connectivity index (χ1n) is 8.97. The second-order valence-corrected chi connectivity index (χ2v) is 7.52. The number of anilines is 1. The number of aromatic nitrogens is 4. The first kappa shape index (κ1) is 18.9. The molecule has 146 valence electrons. The maximum Gasteiger partial charge on any atom is 0.335 e. The van der Waals surface area contributed by atoms with Crippen molar-refractivity contribution in [2.24, 2.45) is 0 Å². The van der Waals surface area contributed by atoms with Gasteiger partial charge in [0.05, 0.1) is 10.8 Å². The van der Waals surface area contributed by atoms with Crippen LogP contribution in [0.1, 0.15) is 23.7 Å². The number of rotatable bonds is 6. The Hall–Kier alpha value is -3.46. The average molecular weight is 407 g/mol. The second-order valence-electron chi connectivity index (χ2n) is 6.35. The first-order valence-corrected chi connectivity index (χ1v) is 9.85. The number of para-hydroxylation sites is 1. The fraction of sp³-hybridized carbons (Fsp3) is 0.150. The van der Waals surface area contributed by atoms with E-state index in [2.05, 4.69) is 25.5 Å². The van der Waals surface area contributed by atoms with Crippen LogP contribution in [-0.4, -0.2) is 42.4 Å². The number of carboxylic acid groups (broad SMARTS) is 1. The van der Waals surface area contributed by atoms with E-state index in [9.17, 15) is 9.59 Å². The molecular formula is C20H17N5O3S. The number of hydrogen-bond acceptors (Lipinski definition) is 6. The molecule has 29 heavy (non-hydrogen) atoms. The number of carboxylic acids is 1. The molecule has 0 bridgehead atoms. The molecule has 1 unspecified atom stereocenters. The number of hydrogen-bond donors (Lipinski definition) is 3. The van der Waals surface area contributed by atoms with Gasteiger partial charge in [-0.05, 0) is 30.7 Å². The summed E-state index contributed by atoms with van der Waals surface area (Å²) in [5, 5.41) is 21.2. The van der Waals surface area contributed by atoms with Gasteiger partial charge in [0.1, 0.15) is 5.52 Å². The number of aromatic amines is 1. The highest BCUT2D eigenvalue weighted by Gasteiger charge is 2.21. The van der Waals surface area contributed by atoms with Gasteiger partial charge in [0.2, 0.25) is 11.1 Å². The Morgan fingerprint density at radius 3 is 2.79 bits per heavy atom. The van der Waals surface area contributed by atoms with Crippen LogP contribution in [0.2, 0.25) is 0 Å². The fourth-order valence-electron chi connectivity index (χ4n) is 2.96. The molecule has 2 aromatic carbocycles. The number of benzene rings is 2. The second kappa shape index (κ2) is 7.88. The number of carbonyl (C=O) groups excluding carboxylic acids is 1. The molecular weight excluding hydrogens is 390 g/mol. The number of carbonyl (C=O) groups is 2. The van der Waals surface area contributed by atoms with Crippen molar-refractivity contribution in [1.29, 1.82) is 0 Å². The van der Waals surface area contributed by atoms with Crippen LogP contribution < -0.4 is 5.32 Å². The van der Waals surface area contributed by atoms with Gasteiger partial charge in [0, 0.05) is 16.6 Å². The van der Waals surface area contributed by atoms with Crippen LogP contribution in [0.15, 0.2) is 53.7 Å². The summed E-state index contributed by atoms with van der Waals surface area (Å²) in [5.41, 5.74) is 2.77. The zero-order valence-corrected chi connectivity index (χ0v) is 16.2. The van der Waals surface area contributed by atoms with Gasteiger partial charge in [0.15, 0.2) is 5.65 Å². The van der Waals surface area contributed by atoms with E-state index >= 15 is 0 Å². The number of fused-ring (bicyclic) bond motifs is 3. The van der Waals surface area contributed by atoms with Crippen LogP contribution in [0.5, 0.6) is 0 Å². The average Bonchev–Trinajstić information content (AvgIpc) is 3.09. The van der Waals surface area contributed by atoms with Gasteiger partial charge in [-0.1, -0.05) is 43.0 Å². The molecule has 0 saturated heterocycles. The van der Waals surface area contributed by atoms with Crippen LogP contribution in [0, 0.1) is 0 Å². The van der Waals surface area contributed by atoms with Crippen molar-refractivity contribution in [1.82, 2.24) is 20.2 Å². The van der Waals surface area contributed by atoms with E-state index in [1.54, 1.807) is 12.1 Å². The summed E-state index contributed by atoms with van der Waals surface area (Å²) in [6.07, 6.45) is 0.545. The summed E-state index contributed by atoms with van der Waals surface area (Å²) in [6, 6.07) is 13.9. The monoisotopic (exact) mass is 407 g/mol. The maximum absolute atomic E-state index is 12.7. The summed E-state index contributed by atoms with van der Waals surface area (Å²) in [4.78, 5) is 31.5. The van der Waals surface area contributed by atoms with Crippen molar-refractivity contribution >= 4 is 51.4 Å². The van der Waals surface area contributed by atoms with Crippen LogP contribution in [0.3, 0.4) is 0 Å². The molecule has 0 spiro atoms. The van der Waals surface area contributed by atoms with E-state index in [1.165, 1.54) is 23.9 Å². The zero-order chi connectivity index (χ0) is 20.4. The summed E-state index contributed by atoms with van der Waals surface area (Å²) < 4.78 is 0. The largest absolute Gasteiger partial charge is 0.478 e. The molecule has 9 heteroatoms. The standard InChI is InChI=1S/C20H17N5O3S/c1-2-15(18(26)21-12-7-5-6-11(10-12)19(27)28)29-20-23-17-16(24-25-20)13-8-3-4-9-14(13)22-17/h3-10,15H,2H2,1H3,(H,21,26)(H,27,28)(H,22,23,25). The third-order valence-corrected chi connectivity index (χ3v) is 5.61. The van der Waals surface area contributed by atoms with Gasteiger partial charge >= 0.3 is 5.97 Å². The van der Waals surface area contributed by atoms with E-state index < -0.39 is 11.2 Å². The smallest absolute Gasteiger partial charge is 0.335 e. The van der Waals surface area contributed by atoms with Gasteiger partial charge < -0.3 is 15.4 Å². The molecule has 0 radical (unpaired) electrons. The molecule has 1 amide bonds. The molecule has 8 nitrogen and oxygen atoms in total. The highest BCUT2D eigenvalue weighted by Crippen LogP contribution is 2.27. The lowest BCUT2D eigenvalue weighted by Gasteiger charge is -2.13. The minimum atomic E-state index is -1.05. The number of nitrogens with zero attached hydrogens (tertiary/aromatic N) is 3. The lowest BCUT2D eigenvalue weighted by molar-refractivity contribution is -0.115. The Morgan fingerprint density at radius 2 is 2.00 bits per heavy atom. The third-order valence-electron chi connectivity index (χ3n) is 4.39. The van der Waals surface area contributed by atoms with Gasteiger partial charge in [-0.15, -0.1) is 10.2 Å². The van der Waals surface area contributed by atoms with Crippen LogP contribution in [0.25, 0.3) is 22.1 Å². The Kier molecular flexibility index (Phi) is 5.13. The quantitative estimate of drug-likeness (QED) is 0.417. The van der Waals surface area contributed by atoms with Gasteiger partial charge in [-0.25, -0.2) is 9.78 Å². The highest BCUT2D eigenvalue weighted by atomic mass is 32.2. The van der Waals surface area contributed by atoms with Crippen molar-refractivity contribution in [3.05, 3.63) is 54.1 Å². The van der Waals surface area contributed by atoms with Crippen molar-refractivity contribution < 1.29 is 14.7 Å². The third kappa shape index (κ3) is 3.90. The minimum absolute atomic E-state index is 0.111. The van der Waals surface area contributed by atoms with Gasteiger partial charge in [-0.2, -0.15) is 0 Å². The Labute approximate surface area is 169 Å². The minimum Gasteiger partial charge on any atom is -0.478 e. The summed E-state index contributed by atoms with van der Waals surface area (Å²) >= 11 is 1.22. The predicted octanol–water partition coefficient (Wildman–Crippen LogP) is 3.71. The fourth-order valence-corrected chi connectivity index (χ4v) is 3.78. The van der Waals surface area contributed by atoms with Crippen LogP contribution in [0.4, 0.5) is 5.69 Å². The predicted molar refractivity (Wildman–Crippen MR) is 111 cm³/mol. The Balaban J connectivity index is 1.53. The molecule has 2 aromatic heterocycles. The Bertz CT molecular complexity index is 1220. The molecule has 3 N–H and O–H groups in total. The summed E-state index contributed by atoms with van der Waals surface area (Å²) in [5.74, 6) is -1.30. The number of aromatic carboxylic acids is 1. The maximum atomic E-state index is 12.7. The molecule has 1 atom stereocenters. The van der Waals surface area contributed by atoms with E-state index in [4.69, 9.17) is 5.11 Å². The molecule has 4 aromatic rings. The van der Waals surface area contributed by atoms with Crippen LogP contribution >= 0.6 is 11.8 Å². The van der Waals surface area contributed by atoms with Crippen LogP contribution in [-0.2, 0) is 4.79 Å². The first-order chi connectivity index (χ1) is 14.0. The number of thioether (sulfide) groups is 1. The normalized spacial score (nSPS) is 12.2. The van der Waals surface area contributed by atoms with Gasteiger partial charge in [0.25, 0.3) is 0 Å². The number of amides is 1. The zero-order valence-electron chi connectivity index (χ0n) is 15.4. The molecule has 2 heterocycles. The van der Waals surface area contributed by atoms with Gasteiger partial charge in [-0.3, -0.25) is 4.79 Å². The van der Waals surface area contributed by atoms with E-state index in [1.807, 2.05) is 31.2 Å². The number of nitrogens with one attached hydrogen (secondary N) is 2. The summed E-state index contributed by atoms with van der Waals surface area (Å²) in [6.45, 7) is 1.89. The van der Waals surface area contributed by atoms with E-state index in [0.29, 0.717) is 28.4 Å². The lowest BCUT2D eigenvalue weighted by atomic mass is 10.2. The molecule has 0 aliphatic rings. The van der Waals surface area contributed by atoms with Crippen molar-refractivity contribution in [2.45, 2.75) is 23.8 Å². The molecule has 0 aliphatic heterocycles. The topological polar surface area (TPSA) is 121 Å². The molecule has 4 rings (SSSR count). The summed E-state index contributed by atoms with van der Waals surface area (Å²) in [7, 11) is 0. The van der Waals surface area contributed by atoms with E-state index in [-0.39, 0.29) is 11.5 Å². The number of H-pyrrole nitrogens is 1. The van der Waals surface area contributed by atoms with E-state index in [0.717, 1.165) is 10.9 Å². The van der Waals surface area contributed by atoms with Crippen molar-refractivity contribution in [3.63, 3.8) is 0 Å². The highest BCUT2D eigenvalue weighted by molar-refractivity contribution is 8.00. The molecule has 0 aliphatic carbocycles. The molecule has 0 fully saturated rings. The Morgan fingerprint density at radius 1 is 1.17 bits per heavy atom.